The number of aryl methyl sites for hydroxylation is 1. The fraction of sp³-hybridized carbons (Fsp3) is 0.733. The molecule has 1 fully saturated rings. The van der Waals surface area contributed by atoms with Crippen LogP contribution in [0.25, 0.3) is 0 Å². The lowest BCUT2D eigenvalue weighted by Gasteiger charge is -2.40. The Hall–Kier alpha value is -0.380. The molecule has 2 N–H and O–H groups in total. The standard InChI is InChI=1S/C15H26N2S/c1-4-12-5-6-14(18-12)13(11-16)17-9-7-15(2,3)8-10-17/h5-6,13H,4,7-11,16H2,1-3H3. The summed E-state index contributed by atoms with van der Waals surface area (Å²) in [5.74, 6) is 0. The van der Waals surface area contributed by atoms with E-state index in [1.54, 1.807) is 0 Å². The van der Waals surface area contributed by atoms with Crippen molar-refractivity contribution in [2.45, 2.75) is 46.1 Å². The van der Waals surface area contributed by atoms with Crippen LogP contribution in [0.3, 0.4) is 0 Å². The first-order valence-corrected chi connectivity index (χ1v) is 7.90. The van der Waals surface area contributed by atoms with Crippen LogP contribution in [0.15, 0.2) is 12.1 Å². The van der Waals surface area contributed by atoms with Crippen LogP contribution in [0.1, 0.15) is 49.4 Å². The Morgan fingerprint density at radius 2 is 2.00 bits per heavy atom. The van der Waals surface area contributed by atoms with Gasteiger partial charge >= 0.3 is 0 Å². The van der Waals surface area contributed by atoms with Gasteiger partial charge in [-0.2, -0.15) is 0 Å². The topological polar surface area (TPSA) is 29.3 Å². The molecule has 0 saturated carbocycles. The second-order valence-electron chi connectivity index (χ2n) is 6.11. The molecular weight excluding hydrogens is 240 g/mol. The fourth-order valence-corrected chi connectivity index (χ4v) is 3.75. The molecule has 3 heteroatoms. The van der Waals surface area contributed by atoms with Crippen LogP contribution in [0.2, 0.25) is 0 Å². The number of thiophene rings is 1. The van der Waals surface area contributed by atoms with E-state index in [9.17, 15) is 0 Å². The quantitative estimate of drug-likeness (QED) is 0.904. The molecule has 18 heavy (non-hydrogen) atoms. The molecule has 1 aliphatic rings. The molecule has 102 valence electrons. The third-order valence-electron chi connectivity index (χ3n) is 4.17. The van der Waals surface area contributed by atoms with Gasteiger partial charge in [-0.1, -0.05) is 20.8 Å². The van der Waals surface area contributed by atoms with Gasteiger partial charge in [0.05, 0.1) is 6.04 Å². The average Bonchev–Trinajstić information content (AvgIpc) is 2.81. The van der Waals surface area contributed by atoms with Gasteiger partial charge in [0, 0.05) is 16.3 Å². The second kappa shape index (κ2) is 5.72. The molecular formula is C15H26N2S. The highest BCUT2D eigenvalue weighted by Gasteiger charge is 2.29. The van der Waals surface area contributed by atoms with E-state index in [4.69, 9.17) is 5.73 Å². The van der Waals surface area contributed by atoms with Crippen LogP contribution in [-0.4, -0.2) is 24.5 Å². The number of likely N-dealkylation sites (tertiary alicyclic amines) is 1. The lowest BCUT2D eigenvalue weighted by molar-refractivity contribution is 0.0977. The average molecular weight is 266 g/mol. The third kappa shape index (κ3) is 3.14. The Morgan fingerprint density at radius 3 is 2.50 bits per heavy atom. The lowest BCUT2D eigenvalue weighted by Crippen LogP contribution is -2.41. The molecule has 0 radical (unpaired) electrons. The summed E-state index contributed by atoms with van der Waals surface area (Å²) in [5, 5.41) is 0. The van der Waals surface area contributed by atoms with Crippen LogP contribution >= 0.6 is 11.3 Å². The molecule has 1 aromatic rings. The molecule has 0 aliphatic carbocycles. The maximum absolute atomic E-state index is 6.02. The summed E-state index contributed by atoms with van der Waals surface area (Å²) in [7, 11) is 0. The minimum absolute atomic E-state index is 0.436. The van der Waals surface area contributed by atoms with Crippen molar-refractivity contribution in [1.29, 1.82) is 0 Å². The van der Waals surface area contributed by atoms with Crippen LogP contribution < -0.4 is 5.73 Å². The zero-order valence-electron chi connectivity index (χ0n) is 11.9. The number of piperidine rings is 1. The van der Waals surface area contributed by atoms with E-state index >= 15 is 0 Å². The smallest absolute Gasteiger partial charge is 0.0564 e. The summed E-state index contributed by atoms with van der Waals surface area (Å²) in [6.45, 7) is 10.1. The summed E-state index contributed by atoms with van der Waals surface area (Å²) in [6, 6.07) is 4.98. The van der Waals surface area contributed by atoms with Gasteiger partial charge in [-0.3, -0.25) is 4.90 Å². The molecule has 0 spiro atoms. The SMILES string of the molecule is CCc1ccc(C(CN)N2CCC(C)(C)CC2)s1. The molecule has 1 unspecified atom stereocenters. The number of rotatable bonds is 4. The number of nitrogens with two attached hydrogens (primary N) is 1. The molecule has 0 bridgehead atoms. The Bertz CT molecular complexity index is 374. The first kappa shape index (κ1) is 14.0. The highest BCUT2D eigenvalue weighted by atomic mass is 32.1. The van der Waals surface area contributed by atoms with E-state index in [1.165, 1.54) is 35.7 Å². The number of hydrogen-bond acceptors (Lipinski definition) is 3. The molecule has 1 aromatic heterocycles. The first-order valence-electron chi connectivity index (χ1n) is 7.08. The van der Waals surface area contributed by atoms with E-state index < -0.39 is 0 Å². The van der Waals surface area contributed by atoms with Crippen LogP contribution in [-0.2, 0) is 6.42 Å². The molecule has 0 amide bonds. The van der Waals surface area contributed by atoms with Gasteiger partial charge in [-0.05, 0) is 49.9 Å². The van der Waals surface area contributed by atoms with Gasteiger partial charge in [-0.15, -0.1) is 11.3 Å². The molecule has 2 heterocycles. The summed E-state index contributed by atoms with van der Waals surface area (Å²) in [5.41, 5.74) is 6.53. The summed E-state index contributed by atoms with van der Waals surface area (Å²) in [6.07, 6.45) is 3.71. The second-order valence-corrected chi connectivity index (χ2v) is 7.31. The van der Waals surface area contributed by atoms with Crippen molar-refractivity contribution < 1.29 is 0 Å². The summed E-state index contributed by atoms with van der Waals surface area (Å²) < 4.78 is 0. The van der Waals surface area contributed by atoms with E-state index in [0.717, 1.165) is 13.0 Å². The maximum Gasteiger partial charge on any atom is 0.0564 e. The molecule has 2 rings (SSSR count). The Morgan fingerprint density at radius 1 is 1.33 bits per heavy atom. The Kier molecular flexibility index (Phi) is 4.46. The molecule has 0 aromatic carbocycles. The molecule has 1 saturated heterocycles. The molecule has 2 nitrogen and oxygen atoms in total. The first-order chi connectivity index (χ1) is 8.55. The Balaban J connectivity index is 2.05. The van der Waals surface area contributed by atoms with Crippen LogP contribution in [0.4, 0.5) is 0 Å². The highest BCUT2D eigenvalue weighted by molar-refractivity contribution is 7.12. The van der Waals surface area contributed by atoms with E-state index in [1.807, 2.05) is 11.3 Å². The largest absolute Gasteiger partial charge is 0.329 e. The summed E-state index contributed by atoms with van der Waals surface area (Å²) >= 11 is 1.94. The van der Waals surface area contributed by atoms with Gasteiger partial charge in [-0.25, -0.2) is 0 Å². The van der Waals surface area contributed by atoms with Gasteiger partial charge in [0.2, 0.25) is 0 Å². The fourth-order valence-electron chi connectivity index (χ4n) is 2.65. The van der Waals surface area contributed by atoms with Gasteiger partial charge in [0.15, 0.2) is 0 Å². The van der Waals surface area contributed by atoms with E-state index in [-0.39, 0.29) is 0 Å². The molecule has 1 aliphatic heterocycles. The van der Waals surface area contributed by atoms with Crippen molar-refractivity contribution in [1.82, 2.24) is 4.90 Å². The Labute approximate surface area is 115 Å². The normalized spacial score (nSPS) is 22.0. The molecule has 1 atom stereocenters. The van der Waals surface area contributed by atoms with E-state index in [2.05, 4.69) is 37.8 Å². The zero-order chi connectivity index (χ0) is 13.2. The van der Waals surface area contributed by atoms with Crippen molar-refractivity contribution >= 4 is 11.3 Å². The predicted octanol–water partition coefficient (Wildman–Crippen LogP) is 3.43. The predicted molar refractivity (Wildman–Crippen MR) is 80.1 cm³/mol. The van der Waals surface area contributed by atoms with Crippen molar-refractivity contribution in [3.05, 3.63) is 21.9 Å². The van der Waals surface area contributed by atoms with Crippen LogP contribution in [0.5, 0.6) is 0 Å². The minimum atomic E-state index is 0.436. The highest BCUT2D eigenvalue weighted by Crippen LogP contribution is 2.35. The van der Waals surface area contributed by atoms with Crippen molar-refractivity contribution in [2.75, 3.05) is 19.6 Å². The summed E-state index contributed by atoms with van der Waals surface area (Å²) in [4.78, 5) is 5.51. The number of hydrogen-bond donors (Lipinski definition) is 1. The van der Waals surface area contributed by atoms with Crippen LogP contribution in [0, 0.1) is 5.41 Å². The van der Waals surface area contributed by atoms with Gasteiger partial charge in [0.25, 0.3) is 0 Å². The van der Waals surface area contributed by atoms with Crippen molar-refractivity contribution in [2.24, 2.45) is 11.1 Å². The van der Waals surface area contributed by atoms with Crippen molar-refractivity contribution in [3.8, 4) is 0 Å². The van der Waals surface area contributed by atoms with Crippen molar-refractivity contribution in [3.63, 3.8) is 0 Å². The lowest BCUT2D eigenvalue weighted by atomic mass is 9.82. The maximum atomic E-state index is 6.02. The third-order valence-corrected chi connectivity index (χ3v) is 5.51. The monoisotopic (exact) mass is 266 g/mol. The van der Waals surface area contributed by atoms with Gasteiger partial charge < -0.3 is 5.73 Å². The van der Waals surface area contributed by atoms with E-state index in [0.29, 0.717) is 11.5 Å². The number of nitrogens with zero attached hydrogens (tertiary/aromatic N) is 1. The van der Waals surface area contributed by atoms with Gasteiger partial charge in [0.1, 0.15) is 0 Å². The zero-order valence-corrected chi connectivity index (χ0v) is 12.7. The minimum Gasteiger partial charge on any atom is -0.329 e.